The summed E-state index contributed by atoms with van der Waals surface area (Å²) in [5, 5.41) is 12.5. The molecule has 0 bridgehead atoms. The van der Waals surface area contributed by atoms with Crippen LogP contribution in [0.25, 0.3) is 0 Å². The van der Waals surface area contributed by atoms with E-state index in [0.717, 1.165) is 5.56 Å². The second-order valence-electron chi connectivity index (χ2n) is 7.85. The van der Waals surface area contributed by atoms with Crippen LogP contribution in [-0.4, -0.2) is 29.6 Å². The fourth-order valence-electron chi connectivity index (χ4n) is 3.72. The van der Waals surface area contributed by atoms with Crippen molar-refractivity contribution >= 4 is 40.9 Å². The zero-order valence-corrected chi connectivity index (χ0v) is 20.3. The summed E-state index contributed by atoms with van der Waals surface area (Å²) in [5.74, 6) is -1.29. The fraction of sp³-hybridized carbons (Fsp3) is 0.143. The molecule has 7 nitrogen and oxygen atoms in total. The molecule has 36 heavy (non-hydrogen) atoms. The van der Waals surface area contributed by atoms with E-state index in [-0.39, 0.29) is 23.1 Å². The van der Waals surface area contributed by atoms with E-state index in [2.05, 4.69) is 5.32 Å². The van der Waals surface area contributed by atoms with Crippen molar-refractivity contribution in [3.63, 3.8) is 0 Å². The molecule has 4 rings (SSSR count). The van der Waals surface area contributed by atoms with Crippen LogP contribution in [0.5, 0.6) is 0 Å². The number of carbonyl (C=O) groups is 3. The van der Waals surface area contributed by atoms with Gasteiger partial charge in [-0.2, -0.15) is 5.26 Å². The number of benzene rings is 3. The van der Waals surface area contributed by atoms with E-state index in [1.165, 1.54) is 28.8 Å². The molecule has 0 saturated carbocycles. The van der Waals surface area contributed by atoms with Crippen LogP contribution >= 0.6 is 11.8 Å². The van der Waals surface area contributed by atoms with Crippen molar-refractivity contribution in [3.05, 3.63) is 107 Å². The van der Waals surface area contributed by atoms with Gasteiger partial charge in [-0.15, -0.1) is 0 Å². The molecule has 1 fully saturated rings. The predicted molar refractivity (Wildman–Crippen MR) is 139 cm³/mol. The zero-order chi connectivity index (χ0) is 25.5. The lowest BCUT2D eigenvalue weighted by Crippen LogP contribution is -2.30. The van der Waals surface area contributed by atoms with Gasteiger partial charge < -0.3 is 10.1 Å². The first-order valence-electron chi connectivity index (χ1n) is 11.3. The van der Waals surface area contributed by atoms with Crippen molar-refractivity contribution in [2.24, 2.45) is 0 Å². The first-order valence-corrected chi connectivity index (χ1v) is 12.2. The molecule has 0 aliphatic carbocycles. The molecular weight excluding hydrogens is 474 g/mol. The minimum atomic E-state index is -0.641. The monoisotopic (exact) mass is 497 g/mol. The van der Waals surface area contributed by atoms with Gasteiger partial charge in [0.25, 0.3) is 5.91 Å². The SMILES string of the molecule is CCOC(=O)c1ccc(NC(=O)/C(C#N)=C2\SC(Cc3ccccc3)C(=O)N2c2ccccc2)cc1. The molecule has 1 heterocycles. The third kappa shape index (κ3) is 5.48. The fourth-order valence-corrected chi connectivity index (χ4v) is 5.03. The first kappa shape index (κ1) is 24.8. The lowest BCUT2D eigenvalue weighted by atomic mass is 10.1. The molecule has 1 saturated heterocycles. The molecule has 1 unspecified atom stereocenters. The Morgan fingerprint density at radius 3 is 2.25 bits per heavy atom. The highest BCUT2D eigenvalue weighted by Gasteiger charge is 2.40. The standard InChI is InChI=1S/C28H23N3O4S/c1-2-35-28(34)20-13-15-21(16-14-20)30-25(32)23(18-29)27-31(22-11-7-4-8-12-22)26(33)24(36-27)17-19-9-5-3-6-10-19/h3-16,24H,2,17H2,1H3,(H,30,32)/b27-23-. The van der Waals surface area contributed by atoms with Crippen LogP contribution in [0.3, 0.4) is 0 Å². The van der Waals surface area contributed by atoms with Crippen LogP contribution in [0.2, 0.25) is 0 Å². The Morgan fingerprint density at radius 1 is 1.00 bits per heavy atom. The zero-order valence-electron chi connectivity index (χ0n) is 19.5. The van der Waals surface area contributed by atoms with Gasteiger partial charge in [0, 0.05) is 11.4 Å². The number of ether oxygens (including phenoxy) is 1. The average Bonchev–Trinajstić information content (AvgIpc) is 3.21. The molecule has 1 aliphatic rings. The second-order valence-corrected chi connectivity index (χ2v) is 9.04. The van der Waals surface area contributed by atoms with Crippen molar-refractivity contribution in [2.45, 2.75) is 18.6 Å². The molecule has 3 aromatic carbocycles. The average molecular weight is 498 g/mol. The van der Waals surface area contributed by atoms with Gasteiger partial charge in [-0.25, -0.2) is 4.79 Å². The summed E-state index contributed by atoms with van der Waals surface area (Å²) < 4.78 is 4.97. The van der Waals surface area contributed by atoms with Crippen LogP contribution in [0.4, 0.5) is 11.4 Å². The molecule has 1 atom stereocenters. The van der Waals surface area contributed by atoms with Crippen LogP contribution < -0.4 is 10.2 Å². The Morgan fingerprint density at radius 2 is 1.64 bits per heavy atom. The summed E-state index contributed by atoms with van der Waals surface area (Å²) in [7, 11) is 0. The van der Waals surface area contributed by atoms with E-state index < -0.39 is 17.1 Å². The number of nitrogens with zero attached hydrogens (tertiary/aromatic N) is 2. The number of anilines is 2. The van der Waals surface area contributed by atoms with Crippen LogP contribution in [0.15, 0.2) is 95.5 Å². The Balaban J connectivity index is 1.64. The summed E-state index contributed by atoms with van der Waals surface area (Å²) in [6.45, 7) is 1.98. The van der Waals surface area contributed by atoms with Gasteiger partial charge in [-0.3, -0.25) is 14.5 Å². The maximum atomic E-state index is 13.5. The van der Waals surface area contributed by atoms with Crippen molar-refractivity contribution in [1.29, 1.82) is 5.26 Å². The molecule has 2 amide bonds. The van der Waals surface area contributed by atoms with Gasteiger partial charge in [-0.1, -0.05) is 60.3 Å². The van der Waals surface area contributed by atoms with Crippen molar-refractivity contribution < 1.29 is 19.1 Å². The number of amides is 2. The normalized spacial score (nSPS) is 16.3. The quantitative estimate of drug-likeness (QED) is 0.282. The molecule has 180 valence electrons. The van der Waals surface area contributed by atoms with Gasteiger partial charge in [0.05, 0.1) is 17.4 Å². The van der Waals surface area contributed by atoms with E-state index in [0.29, 0.717) is 23.4 Å². The van der Waals surface area contributed by atoms with E-state index >= 15 is 0 Å². The summed E-state index contributed by atoms with van der Waals surface area (Å²) in [4.78, 5) is 39.9. The van der Waals surface area contributed by atoms with Crippen molar-refractivity contribution in [2.75, 3.05) is 16.8 Å². The number of nitrogens with one attached hydrogen (secondary N) is 1. The van der Waals surface area contributed by atoms with E-state index in [9.17, 15) is 19.6 Å². The highest BCUT2D eigenvalue weighted by atomic mass is 32.2. The Kier molecular flexibility index (Phi) is 7.83. The van der Waals surface area contributed by atoms with Gasteiger partial charge >= 0.3 is 5.97 Å². The molecule has 3 aromatic rings. The topological polar surface area (TPSA) is 99.5 Å². The molecular formula is C28H23N3O4S. The Labute approximate surface area is 213 Å². The van der Waals surface area contributed by atoms with Gasteiger partial charge in [-0.05, 0) is 55.3 Å². The second kappa shape index (κ2) is 11.4. The minimum Gasteiger partial charge on any atom is -0.462 e. The van der Waals surface area contributed by atoms with Gasteiger partial charge in [0.15, 0.2) is 0 Å². The lowest BCUT2D eigenvalue weighted by molar-refractivity contribution is -0.117. The predicted octanol–water partition coefficient (Wildman–Crippen LogP) is 4.93. The number of rotatable bonds is 7. The number of esters is 1. The minimum absolute atomic E-state index is 0.165. The van der Waals surface area contributed by atoms with Crippen molar-refractivity contribution in [1.82, 2.24) is 0 Å². The third-order valence-corrected chi connectivity index (χ3v) is 6.70. The number of para-hydroxylation sites is 1. The maximum Gasteiger partial charge on any atom is 0.338 e. The number of nitriles is 1. The molecule has 0 spiro atoms. The summed E-state index contributed by atoms with van der Waals surface area (Å²) >= 11 is 1.21. The largest absolute Gasteiger partial charge is 0.462 e. The Hall–Kier alpha value is -4.35. The van der Waals surface area contributed by atoms with Crippen LogP contribution in [0, 0.1) is 11.3 Å². The number of carbonyl (C=O) groups excluding carboxylic acids is 3. The van der Waals surface area contributed by atoms with Crippen molar-refractivity contribution in [3.8, 4) is 6.07 Å². The maximum absolute atomic E-state index is 13.5. The highest BCUT2D eigenvalue weighted by molar-refractivity contribution is 8.05. The first-order chi connectivity index (χ1) is 17.5. The highest BCUT2D eigenvalue weighted by Crippen LogP contribution is 2.42. The summed E-state index contributed by atoms with van der Waals surface area (Å²) in [6.07, 6.45) is 0.465. The Bertz CT molecular complexity index is 1330. The van der Waals surface area contributed by atoms with Gasteiger partial charge in [0.2, 0.25) is 5.91 Å². The number of thioether (sulfide) groups is 1. The van der Waals surface area contributed by atoms with E-state index in [4.69, 9.17) is 4.74 Å². The smallest absolute Gasteiger partial charge is 0.338 e. The van der Waals surface area contributed by atoms with Crippen LogP contribution in [-0.2, 0) is 20.7 Å². The number of hydrogen-bond donors (Lipinski definition) is 1. The van der Waals surface area contributed by atoms with Gasteiger partial charge in [0.1, 0.15) is 16.7 Å². The number of hydrogen-bond acceptors (Lipinski definition) is 6. The molecule has 1 aliphatic heterocycles. The summed E-state index contributed by atoms with van der Waals surface area (Å²) in [6, 6.07) is 26.8. The lowest BCUT2D eigenvalue weighted by Gasteiger charge is -2.18. The summed E-state index contributed by atoms with van der Waals surface area (Å²) in [5.41, 5.74) is 2.16. The van der Waals surface area contributed by atoms with Crippen LogP contribution in [0.1, 0.15) is 22.8 Å². The third-order valence-electron chi connectivity index (χ3n) is 5.44. The molecule has 0 radical (unpaired) electrons. The molecule has 1 N–H and O–H groups in total. The molecule has 0 aromatic heterocycles. The molecule has 8 heteroatoms. The van der Waals surface area contributed by atoms with E-state index in [1.807, 2.05) is 42.5 Å². The van der Waals surface area contributed by atoms with E-state index in [1.54, 1.807) is 43.3 Å².